The van der Waals surface area contributed by atoms with Crippen molar-refractivity contribution in [1.29, 1.82) is 0 Å². The van der Waals surface area contributed by atoms with Gasteiger partial charge >= 0.3 is 0 Å². The van der Waals surface area contributed by atoms with Crippen LogP contribution in [-0.4, -0.2) is 31.7 Å². The van der Waals surface area contributed by atoms with Gasteiger partial charge < -0.3 is 15.8 Å². The molecule has 1 atom stereocenters. The molecule has 0 spiro atoms. The highest BCUT2D eigenvalue weighted by Crippen LogP contribution is 2.29. The summed E-state index contributed by atoms with van der Waals surface area (Å²) in [6, 6.07) is 11.6. The van der Waals surface area contributed by atoms with Gasteiger partial charge in [0, 0.05) is 22.7 Å². The van der Waals surface area contributed by atoms with E-state index in [2.05, 4.69) is 32.3 Å². The van der Waals surface area contributed by atoms with Gasteiger partial charge in [0.05, 0.1) is 24.4 Å². The summed E-state index contributed by atoms with van der Waals surface area (Å²) in [5.74, 6) is 1.87. The standard InChI is InChI=1S/C19H19N7O.3H2/c1-12(13-5-3-6-14(9-13)27-2)24-16-10-15(22-11-23-16)17-18(20)25-26-8-4-7-21-19(17)26;;;/h3-12H,1-2H3,(H2,20,25)(H,22,23,24);3*1H/t12-;;;/m1.../s1. The number of hydrogen-bond donors (Lipinski definition) is 2. The fourth-order valence-corrected chi connectivity index (χ4v) is 2.94. The van der Waals surface area contributed by atoms with E-state index >= 15 is 0 Å². The first-order valence-corrected chi connectivity index (χ1v) is 8.47. The molecule has 0 fully saturated rings. The van der Waals surface area contributed by atoms with Crippen molar-refractivity contribution in [2.24, 2.45) is 0 Å². The van der Waals surface area contributed by atoms with Crippen molar-refractivity contribution < 1.29 is 9.02 Å². The Labute approximate surface area is 160 Å². The van der Waals surface area contributed by atoms with Crippen LogP contribution in [0.2, 0.25) is 0 Å². The second-order valence-corrected chi connectivity index (χ2v) is 6.08. The first-order valence-electron chi connectivity index (χ1n) is 8.47. The van der Waals surface area contributed by atoms with E-state index < -0.39 is 0 Å². The molecule has 8 nitrogen and oxygen atoms in total. The van der Waals surface area contributed by atoms with Gasteiger partial charge in [-0.2, -0.15) is 0 Å². The van der Waals surface area contributed by atoms with Gasteiger partial charge in [-0.25, -0.2) is 19.5 Å². The van der Waals surface area contributed by atoms with Gasteiger partial charge in [-0.05, 0) is 30.7 Å². The molecule has 3 aromatic heterocycles. The van der Waals surface area contributed by atoms with Crippen molar-refractivity contribution in [3.63, 3.8) is 0 Å². The summed E-state index contributed by atoms with van der Waals surface area (Å²) >= 11 is 0. The van der Waals surface area contributed by atoms with E-state index in [9.17, 15) is 0 Å². The van der Waals surface area contributed by atoms with Crippen LogP contribution in [0.3, 0.4) is 0 Å². The molecule has 3 N–H and O–H groups in total. The number of nitrogen functional groups attached to an aromatic ring is 1. The van der Waals surface area contributed by atoms with Gasteiger partial charge in [0.25, 0.3) is 0 Å². The van der Waals surface area contributed by atoms with Crippen molar-refractivity contribution in [3.8, 4) is 17.0 Å². The van der Waals surface area contributed by atoms with Gasteiger partial charge in [-0.1, -0.05) is 12.1 Å². The van der Waals surface area contributed by atoms with Crippen molar-refractivity contribution in [2.75, 3.05) is 18.2 Å². The van der Waals surface area contributed by atoms with Crippen molar-refractivity contribution in [3.05, 3.63) is 60.7 Å². The van der Waals surface area contributed by atoms with Crippen LogP contribution in [0.1, 0.15) is 22.8 Å². The summed E-state index contributed by atoms with van der Waals surface area (Å²) in [6.07, 6.45) is 5.00. The Kier molecular flexibility index (Phi) is 4.29. The molecule has 0 saturated carbocycles. The van der Waals surface area contributed by atoms with Crippen LogP contribution in [0.5, 0.6) is 5.75 Å². The maximum absolute atomic E-state index is 6.09. The third-order valence-electron chi connectivity index (χ3n) is 4.30. The van der Waals surface area contributed by atoms with E-state index in [0.29, 0.717) is 28.5 Å². The van der Waals surface area contributed by atoms with E-state index in [1.165, 1.54) is 6.33 Å². The minimum Gasteiger partial charge on any atom is -0.497 e. The number of hydrogen-bond acceptors (Lipinski definition) is 7. The molecule has 142 valence electrons. The molecular formula is C19H25N7O. The summed E-state index contributed by atoms with van der Waals surface area (Å²) in [4.78, 5) is 13.0. The Morgan fingerprint density at radius 1 is 1.19 bits per heavy atom. The lowest BCUT2D eigenvalue weighted by Crippen LogP contribution is -2.08. The summed E-state index contributed by atoms with van der Waals surface area (Å²) in [5, 5.41) is 7.67. The number of benzene rings is 1. The van der Waals surface area contributed by atoms with Crippen LogP contribution < -0.4 is 15.8 Å². The van der Waals surface area contributed by atoms with E-state index in [1.807, 2.05) is 30.3 Å². The normalized spacial score (nSPS) is 12.1. The molecule has 4 rings (SSSR count). The quantitative estimate of drug-likeness (QED) is 0.554. The lowest BCUT2D eigenvalue weighted by Gasteiger charge is -2.16. The maximum Gasteiger partial charge on any atom is 0.166 e. The molecule has 0 aliphatic rings. The van der Waals surface area contributed by atoms with E-state index in [1.54, 1.807) is 30.1 Å². The van der Waals surface area contributed by atoms with Crippen LogP contribution in [0, 0.1) is 0 Å². The van der Waals surface area contributed by atoms with Crippen LogP contribution in [-0.2, 0) is 0 Å². The van der Waals surface area contributed by atoms with Gasteiger partial charge in [0.15, 0.2) is 11.5 Å². The summed E-state index contributed by atoms with van der Waals surface area (Å²) < 4.78 is 6.93. The Morgan fingerprint density at radius 2 is 2.07 bits per heavy atom. The number of rotatable bonds is 5. The smallest absolute Gasteiger partial charge is 0.166 e. The van der Waals surface area contributed by atoms with Crippen molar-refractivity contribution in [1.82, 2.24) is 24.6 Å². The average Bonchev–Trinajstić information content (AvgIpc) is 3.04. The van der Waals surface area contributed by atoms with E-state index in [-0.39, 0.29) is 10.3 Å². The average molecular weight is 367 g/mol. The van der Waals surface area contributed by atoms with Gasteiger partial charge in [0.2, 0.25) is 0 Å². The zero-order chi connectivity index (χ0) is 18.8. The zero-order valence-electron chi connectivity index (χ0n) is 15.0. The Balaban J connectivity index is 0.00000150. The molecule has 0 amide bonds. The van der Waals surface area contributed by atoms with Crippen LogP contribution >= 0.6 is 0 Å². The van der Waals surface area contributed by atoms with E-state index in [4.69, 9.17) is 10.5 Å². The highest BCUT2D eigenvalue weighted by molar-refractivity contribution is 5.84. The number of nitrogens with zero attached hydrogens (tertiary/aromatic N) is 5. The van der Waals surface area contributed by atoms with Crippen LogP contribution in [0.15, 0.2) is 55.1 Å². The monoisotopic (exact) mass is 367 g/mol. The number of methoxy groups -OCH3 is 1. The number of fused-ring (bicyclic) bond motifs is 1. The van der Waals surface area contributed by atoms with Gasteiger partial charge in [0.1, 0.15) is 17.9 Å². The largest absolute Gasteiger partial charge is 0.497 e. The molecule has 0 bridgehead atoms. The number of aromatic nitrogens is 5. The molecule has 0 aliphatic carbocycles. The van der Waals surface area contributed by atoms with Crippen LogP contribution in [0.4, 0.5) is 11.6 Å². The Hall–Kier alpha value is -3.68. The molecule has 0 radical (unpaired) electrons. The summed E-state index contributed by atoms with van der Waals surface area (Å²) in [5.41, 5.74) is 9.19. The second kappa shape index (κ2) is 6.91. The maximum atomic E-state index is 6.09. The molecule has 27 heavy (non-hydrogen) atoms. The number of nitrogens with two attached hydrogens (primary N) is 1. The predicted molar refractivity (Wildman–Crippen MR) is 110 cm³/mol. The Bertz CT molecular complexity index is 1110. The minimum absolute atomic E-state index is 0. The predicted octanol–water partition coefficient (Wildman–Crippen LogP) is 3.69. The van der Waals surface area contributed by atoms with E-state index in [0.717, 1.165) is 11.3 Å². The molecule has 4 aromatic rings. The molecule has 8 heteroatoms. The van der Waals surface area contributed by atoms with Gasteiger partial charge in [-0.15, -0.1) is 5.10 Å². The molecule has 0 unspecified atom stereocenters. The minimum atomic E-state index is 0. The lowest BCUT2D eigenvalue weighted by molar-refractivity contribution is 0.414. The topological polar surface area (TPSA) is 103 Å². The summed E-state index contributed by atoms with van der Waals surface area (Å²) in [7, 11) is 1.66. The first-order chi connectivity index (χ1) is 13.2. The fraction of sp³-hybridized carbons (Fsp3) is 0.158. The zero-order valence-corrected chi connectivity index (χ0v) is 15.0. The van der Waals surface area contributed by atoms with Crippen LogP contribution in [0.25, 0.3) is 16.9 Å². The third-order valence-corrected chi connectivity index (χ3v) is 4.30. The Morgan fingerprint density at radius 3 is 2.93 bits per heavy atom. The highest BCUT2D eigenvalue weighted by Gasteiger charge is 2.16. The SMILES string of the molecule is COc1cccc([C@@H](C)Nc2cc(-c3c(N)nn4cccnc34)ncn2)c1.[HH].[HH].[HH]. The number of nitrogens with one attached hydrogen (secondary N) is 1. The molecule has 3 heterocycles. The number of ether oxygens (including phenoxy) is 1. The van der Waals surface area contributed by atoms with Crippen molar-refractivity contribution >= 4 is 17.3 Å². The highest BCUT2D eigenvalue weighted by atomic mass is 16.5. The number of anilines is 2. The third kappa shape index (κ3) is 3.24. The lowest BCUT2D eigenvalue weighted by atomic mass is 10.1. The second-order valence-electron chi connectivity index (χ2n) is 6.08. The van der Waals surface area contributed by atoms with Gasteiger partial charge in [-0.3, -0.25) is 0 Å². The molecular weight excluding hydrogens is 342 g/mol. The summed E-state index contributed by atoms with van der Waals surface area (Å²) in [6.45, 7) is 2.06. The molecule has 0 saturated heterocycles. The molecule has 1 aromatic carbocycles. The van der Waals surface area contributed by atoms with Crippen molar-refractivity contribution in [2.45, 2.75) is 13.0 Å². The molecule has 0 aliphatic heterocycles. The fourth-order valence-electron chi connectivity index (χ4n) is 2.94. The first kappa shape index (κ1) is 16.8.